The Morgan fingerprint density at radius 1 is 0.857 bits per heavy atom. The molecule has 0 bridgehead atoms. The van der Waals surface area contributed by atoms with Crippen LogP contribution < -0.4 is 10.5 Å². The van der Waals surface area contributed by atoms with Gasteiger partial charge in [0.05, 0.1) is 5.69 Å². The van der Waals surface area contributed by atoms with Gasteiger partial charge in [-0.3, -0.25) is 4.79 Å². The normalized spacial score (nSPS) is 10.8. The molecule has 178 valence electrons. The lowest BCUT2D eigenvalue weighted by Gasteiger charge is -2.15. The van der Waals surface area contributed by atoms with Crippen LogP contribution in [0.15, 0.2) is 78.9 Å². The molecule has 4 aromatic rings. The number of aromatic nitrogens is 1. The first-order valence-electron chi connectivity index (χ1n) is 11.1. The number of carbonyl (C=O) groups is 1. The highest BCUT2D eigenvalue weighted by molar-refractivity contribution is 6.35. The molecule has 4 rings (SSSR count). The predicted octanol–water partition coefficient (Wildman–Crippen LogP) is 7.56. The largest absolute Gasteiger partial charge is 0.472 e. The first-order valence-corrected chi connectivity index (χ1v) is 12.2. The summed E-state index contributed by atoms with van der Waals surface area (Å²) in [6.07, 6.45) is 2.16. The Hall–Kier alpha value is -3.05. The number of amides is 1. The Labute approximate surface area is 219 Å². The second-order valence-electron chi connectivity index (χ2n) is 8.07. The fraction of sp³-hybridized carbons (Fsp3) is 0.143. The molecule has 0 aliphatic carbocycles. The van der Waals surface area contributed by atoms with E-state index < -0.39 is 5.91 Å². The van der Waals surface area contributed by atoms with E-state index in [9.17, 15) is 4.79 Å². The van der Waals surface area contributed by atoms with Crippen LogP contribution in [0.4, 0.5) is 0 Å². The summed E-state index contributed by atoms with van der Waals surface area (Å²) >= 11 is 18.5. The summed E-state index contributed by atoms with van der Waals surface area (Å²) in [5.41, 5.74) is 10.4. The molecule has 1 amide bonds. The SMILES string of the molecule is NC(=O)c1cc(-c2ccc(Cl)cc2)c(CCCc2ccc(Cl)cc2Cl)nc1OCc1ccccc1. The van der Waals surface area contributed by atoms with Crippen LogP contribution in [-0.2, 0) is 19.4 Å². The molecule has 0 fully saturated rings. The van der Waals surface area contributed by atoms with E-state index in [0.29, 0.717) is 21.5 Å². The highest BCUT2D eigenvalue weighted by Gasteiger charge is 2.18. The molecule has 35 heavy (non-hydrogen) atoms. The Balaban J connectivity index is 1.66. The third kappa shape index (κ3) is 6.55. The van der Waals surface area contributed by atoms with Crippen LogP contribution in [-0.4, -0.2) is 10.9 Å². The van der Waals surface area contributed by atoms with Crippen LogP contribution in [0.5, 0.6) is 5.88 Å². The summed E-state index contributed by atoms with van der Waals surface area (Å²) < 4.78 is 5.96. The Bertz CT molecular complexity index is 1330. The summed E-state index contributed by atoms with van der Waals surface area (Å²) in [6, 6.07) is 24.3. The van der Waals surface area contributed by atoms with Gasteiger partial charge in [0.1, 0.15) is 12.2 Å². The molecule has 1 aromatic heterocycles. The van der Waals surface area contributed by atoms with Crippen molar-refractivity contribution in [2.75, 3.05) is 0 Å². The number of nitrogens with two attached hydrogens (primary N) is 1. The number of hydrogen-bond donors (Lipinski definition) is 1. The molecular weight excluding hydrogens is 503 g/mol. The number of primary amides is 1. The topological polar surface area (TPSA) is 65.2 Å². The zero-order chi connectivity index (χ0) is 24.8. The summed E-state index contributed by atoms with van der Waals surface area (Å²) in [4.78, 5) is 17.1. The minimum atomic E-state index is -0.602. The zero-order valence-electron chi connectivity index (χ0n) is 18.8. The molecule has 1 heterocycles. The fourth-order valence-electron chi connectivity index (χ4n) is 3.79. The fourth-order valence-corrected chi connectivity index (χ4v) is 4.41. The lowest BCUT2D eigenvalue weighted by molar-refractivity contribution is 0.0995. The summed E-state index contributed by atoms with van der Waals surface area (Å²) in [5, 5.41) is 1.87. The minimum Gasteiger partial charge on any atom is -0.472 e. The van der Waals surface area contributed by atoms with E-state index in [-0.39, 0.29) is 18.1 Å². The number of aryl methyl sites for hydroxylation is 2. The maximum atomic E-state index is 12.3. The van der Waals surface area contributed by atoms with Gasteiger partial charge in [0.25, 0.3) is 5.91 Å². The first kappa shape index (κ1) is 25.1. The number of halogens is 3. The molecule has 0 atom stereocenters. The molecule has 0 spiro atoms. The number of rotatable bonds is 9. The lowest BCUT2D eigenvalue weighted by atomic mass is 9.97. The maximum Gasteiger partial charge on any atom is 0.254 e. The molecule has 4 nitrogen and oxygen atoms in total. The predicted molar refractivity (Wildman–Crippen MR) is 142 cm³/mol. The smallest absolute Gasteiger partial charge is 0.254 e. The molecule has 0 unspecified atom stereocenters. The van der Waals surface area contributed by atoms with Crippen LogP contribution in [0.3, 0.4) is 0 Å². The van der Waals surface area contributed by atoms with E-state index in [1.807, 2.05) is 54.6 Å². The van der Waals surface area contributed by atoms with Crippen LogP contribution in [0.1, 0.15) is 33.6 Å². The van der Waals surface area contributed by atoms with Gasteiger partial charge < -0.3 is 10.5 Å². The summed E-state index contributed by atoms with van der Waals surface area (Å²) in [5.74, 6) is -0.381. The van der Waals surface area contributed by atoms with E-state index in [4.69, 9.17) is 50.3 Å². The van der Waals surface area contributed by atoms with Crippen molar-refractivity contribution in [3.8, 4) is 17.0 Å². The Morgan fingerprint density at radius 3 is 2.26 bits per heavy atom. The molecule has 0 saturated carbocycles. The average molecular weight is 526 g/mol. The van der Waals surface area contributed by atoms with E-state index in [0.717, 1.165) is 40.8 Å². The van der Waals surface area contributed by atoms with E-state index in [1.54, 1.807) is 24.3 Å². The van der Waals surface area contributed by atoms with Crippen molar-refractivity contribution in [1.82, 2.24) is 4.98 Å². The summed E-state index contributed by atoms with van der Waals surface area (Å²) in [6.45, 7) is 0.272. The van der Waals surface area contributed by atoms with E-state index >= 15 is 0 Å². The van der Waals surface area contributed by atoms with Gasteiger partial charge in [0.2, 0.25) is 5.88 Å². The maximum absolute atomic E-state index is 12.3. The average Bonchev–Trinajstić information content (AvgIpc) is 2.85. The van der Waals surface area contributed by atoms with Gasteiger partial charge in [-0.05, 0) is 66.3 Å². The van der Waals surface area contributed by atoms with Crippen molar-refractivity contribution >= 4 is 40.7 Å². The van der Waals surface area contributed by atoms with Crippen LogP contribution >= 0.6 is 34.8 Å². The van der Waals surface area contributed by atoms with E-state index in [2.05, 4.69) is 0 Å². The van der Waals surface area contributed by atoms with Gasteiger partial charge in [0, 0.05) is 20.6 Å². The first-order chi connectivity index (χ1) is 16.9. The van der Waals surface area contributed by atoms with Crippen molar-refractivity contribution < 1.29 is 9.53 Å². The van der Waals surface area contributed by atoms with Crippen molar-refractivity contribution in [3.63, 3.8) is 0 Å². The van der Waals surface area contributed by atoms with Gasteiger partial charge in [-0.25, -0.2) is 4.98 Å². The Morgan fingerprint density at radius 2 is 1.57 bits per heavy atom. The second kappa shape index (κ2) is 11.6. The number of hydrogen-bond acceptors (Lipinski definition) is 3. The van der Waals surface area contributed by atoms with Gasteiger partial charge in [-0.2, -0.15) is 0 Å². The molecule has 7 heteroatoms. The van der Waals surface area contributed by atoms with Crippen molar-refractivity contribution in [2.24, 2.45) is 5.73 Å². The zero-order valence-corrected chi connectivity index (χ0v) is 21.1. The molecule has 0 aliphatic heterocycles. The highest BCUT2D eigenvalue weighted by atomic mass is 35.5. The van der Waals surface area contributed by atoms with Gasteiger partial charge in [-0.1, -0.05) is 83.3 Å². The van der Waals surface area contributed by atoms with Crippen molar-refractivity contribution in [3.05, 3.63) is 116 Å². The molecule has 0 saturated heterocycles. The Kier molecular flexibility index (Phi) is 8.29. The van der Waals surface area contributed by atoms with Crippen LogP contribution in [0, 0.1) is 0 Å². The summed E-state index contributed by atoms with van der Waals surface area (Å²) in [7, 11) is 0. The molecule has 0 radical (unpaired) electrons. The van der Waals surface area contributed by atoms with Gasteiger partial charge in [0.15, 0.2) is 0 Å². The molecule has 3 aromatic carbocycles. The number of carbonyl (C=O) groups excluding carboxylic acids is 1. The molecular formula is C28H23Cl3N2O2. The van der Waals surface area contributed by atoms with Gasteiger partial charge >= 0.3 is 0 Å². The van der Waals surface area contributed by atoms with Crippen molar-refractivity contribution in [1.29, 1.82) is 0 Å². The lowest BCUT2D eigenvalue weighted by Crippen LogP contribution is -2.15. The quantitative estimate of drug-likeness (QED) is 0.245. The highest BCUT2D eigenvalue weighted by Crippen LogP contribution is 2.31. The minimum absolute atomic E-state index is 0.221. The van der Waals surface area contributed by atoms with Crippen LogP contribution in [0.2, 0.25) is 15.1 Å². The standard InChI is InChI=1S/C28H23Cl3N2O2/c29-21-12-9-19(10-13-21)23-16-24(27(32)34)28(35-17-18-5-2-1-3-6-18)33-26(23)8-4-7-20-11-14-22(30)15-25(20)31/h1-3,5-6,9-16H,4,7-8,17H2,(H2,32,34). The third-order valence-corrected chi connectivity index (χ3v) is 6.42. The van der Waals surface area contributed by atoms with E-state index in [1.165, 1.54) is 0 Å². The van der Waals surface area contributed by atoms with Crippen LogP contribution in [0.25, 0.3) is 11.1 Å². The third-order valence-electron chi connectivity index (χ3n) is 5.58. The monoisotopic (exact) mass is 524 g/mol. The molecule has 2 N–H and O–H groups in total. The number of pyridine rings is 1. The van der Waals surface area contributed by atoms with Gasteiger partial charge in [-0.15, -0.1) is 0 Å². The molecule has 0 aliphatic rings. The number of ether oxygens (including phenoxy) is 1. The second-order valence-corrected chi connectivity index (χ2v) is 9.35. The number of benzene rings is 3. The number of nitrogens with zero attached hydrogens (tertiary/aromatic N) is 1. The van der Waals surface area contributed by atoms with Crippen molar-refractivity contribution in [2.45, 2.75) is 25.9 Å².